The molecule has 0 spiro atoms. The average Bonchev–Trinajstić information content (AvgIpc) is 3.04. The fourth-order valence-electron chi connectivity index (χ4n) is 5.38. The topological polar surface area (TPSA) is 94.8 Å². The second-order valence-corrected chi connectivity index (χ2v) is 11.6. The summed E-state index contributed by atoms with van der Waals surface area (Å²) >= 11 is 0. The maximum atomic E-state index is 14.0. The molecule has 1 saturated carbocycles. The second kappa shape index (κ2) is 10.7. The van der Waals surface area contributed by atoms with Gasteiger partial charge in [0.25, 0.3) is 0 Å². The first-order valence-electron chi connectivity index (χ1n) is 12.7. The van der Waals surface area contributed by atoms with Gasteiger partial charge in [-0.15, -0.1) is 0 Å². The molecule has 0 aliphatic heterocycles. The summed E-state index contributed by atoms with van der Waals surface area (Å²) in [6.45, 7) is 18.9. The Balaban J connectivity index is 2.83. The van der Waals surface area contributed by atoms with Crippen LogP contribution in [-0.4, -0.2) is 32.5 Å². The number of Topliss-reactive ketones (excluding diaryl/α,β-unsaturated/α-hetero) is 2. The Morgan fingerprint density at radius 1 is 1.09 bits per heavy atom. The number of hydrogen-bond acceptors (Lipinski definition) is 5. The lowest BCUT2D eigenvalue weighted by Gasteiger charge is -2.38. The van der Waals surface area contributed by atoms with Crippen LogP contribution in [0.2, 0.25) is 0 Å². The quantitative estimate of drug-likeness (QED) is 0.245. The van der Waals surface area contributed by atoms with Crippen LogP contribution in [0.1, 0.15) is 87.5 Å². The van der Waals surface area contributed by atoms with Crippen LogP contribution < -0.4 is 0 Å². The van der Waals surface area contributed by atoms with Crippen molar-refractivity contribution >= 4 is 11.6 Å². The third-order valence-corrected chi connectivity index (χ3v) is 7.71. The summed E-state index contributed by atoms with van der Waals surface area (Å²) < 4.78 is 0. The average molecular weight is 485 g/mol. The minimum absolute atomic E-state index is 0.00458. The van der Waals surface area contributed by atoms with Crippen LogP contribution in [-0.2, 0) is 9.59 Å². The van der Waals surface area contributed by atoms with Gasteiger partial charge in [-0.3, -0.25) is 9.59 Å². The van der Waals surface area contributed by atoms with E-state index in [0.29, 0.717) is 6.42 Å². The van der Waals surface area contributed by atoms with E-state index < -0.39 is 34.3 Å². The van der Waals surface area contributed by atoms with Gasteiger partial charge in [-0.25, -0.2) is 0 Å². The molecular formula is C30H44O5. The van der Waals surface area contributed by atoms with Crippen LogP contribution in [0.25, 0.3) is 0 Å². The van der Waals surface area contributed by atoms with Crippen LogP contribution in [0.3, 0.4) is 0 Å². The predicted molar refractivity (Wildman–Crippen MR) is 141 cm³/mol. The molecule has 2 rings (SSSR count). The number of carbonyl (C=O) groups is 2. The van der Waals surface area contributed by atoms with E-state index in [1.54, 1.807) is 20.8 Å². The van der Waals surface area contributed by atoms with Gasteiger partial charge in [0, 0.05) is 11.5 Å². The summed E-state index contributed by atoms with van der Waals surface area (Å²) in [5, 5.41) is 34.2. The highest BCUT2D eigenvalue weighted by atomic mass is 16.3. The molecule has 0 bridgehead atoms. The zero-order valence-electron chi connectivity index (χ0n) is 22.8. The standard InChI is InChI=1S/C30H44O5/c1-17(2)10-14-30(15-11-18(3)4)27(33)22(26(32)24(28(30)34)25(31)20(7)8)16-23-21(19(5)6)12-13-29(23,9)35/h10-11,20-21,23,32-33,35H,5,12-16H2,1-4,6-9H3/t21-,23+,29+/m0/s1. The third kappa shape index (κ3) is 5.72. The van der Waals surface area contributed by atoms with E-state index >= 15 is 0 Å². The molecule has 2 aliphatic rings. The number of aliphatic hydroxyl groups excluding tert-OH is 2. The van der Waals surface area contributed by atoms with Crippen molar-refractivity contribution in [3.05, 3.63) is 58.1 Å². The molecule has 2 aliphatic carbocycles. The van der Waals surface area contributed by atoms with Gasteiger partial charge in [-0.1, -0.05) is 49.3 Å². The van der Waals surface area contributed by atoms with Crippen molar-refractivity contribution in [3.8, 4) is 0 Å². The molecule has 0 radical (unpaired) electrons. The maximum Gasteiger partial charge on any atom is 0.184 e. The SMILES string of the molecule is C=C(C)[C@@H]1CC[C@@](C)(O)[C@@H]1CC1=C(O)C(CC=C(C)C)(CC=C(C)C)C(=O)C(C(=O)C(C)C)=C1O. The van der Waals surface area contributed by atoms with Gasteiger partial charge in [0.05, 0.1) is 11.0 Å². The van der Waals surface area contributed by atoms with Crippen LogP contribution >= 0.6 is 0 Å². The van der Waals surface area contributed by atoms with E-state index in [0.717, 1.165) is 23.1 Å². The summed E-state index contributed by atoms with van der Waals surface area (Å²) in [5.74, 6) is -2.43. The molecule has 5 heteroatoms. The van der Waals surface area contributed by atoms with Gasteiger partial charge in [0.1, 0.15) is 17.1 Å². The molecule has 1 fully saturated rings. The van der Waals surface area contributed by atoms with Crippen molar-refractivity contribution in [2.75, 3.05) is 0 Å². The fourth-order valence-corrected chi connectivity index (χ4v) is 5.38. The van der Waals surface area contributed by atoms with Crippen molar-refractivity contribution in [1.82, 2.24) is 0 Å². The van der Waals surface area contributed by atoms with Gasteiger partial charge in [0.15, 0.2) is 11.6 Å². The van der Waals surface area contributed by atoms with Crippen molar-refractivity contribution in [3.63, 3.8) is 0 Å². The van der Waals surface area contributed by atoms with Crippen LogP contribution in [0, 0.1) is 23.2 Å². The lowest BCUT2D eigenvalue weighted by Crippen LogP contribution is -2.42. The van der Waals surface area contributed by atoms with Crippen molar-refractivity contribution < 1.29 is 24.9 Å². The summed E-state index contributed by atoms with van der Waals surface area (Å²) in [4.78, 5) is 27.2. The summed E-state index contributed by atoms with van der Waals surface area (Å²) in [6.07, 6.45) is 5.68. The minimum Gasteiger partial charge on any atom is -0.511 e. The summed E-state index contributed by atoms with van der Waals surface area (Å²) in [5.41, 5.74) is 0.448. The molecule has 194 valence electrons. The number of allylic oxidation sites excluding steroid dienone is 8. The van der Waals surface area contributed by atoms with Gasteiger partial charge in [-0.2, -0.15) is 0 Å². The van der Waals surface area contributed by atoms with Crippen molar-refractivity contribution in [1.29, 1.82) is 0 Å². The number of ketones is 2. The number of aliphatic hydroxyl groups is 3. The molecule has 0 aromatic carbocycles. The van der Waals surface area contributed by atoms with Crippen molar-refractivity contribution in [2.24, 2.45) is 23.2 Å². The first kappa shape index (κ1) is 28.8. The molecule has 0 aromatic rings. The molecular weight excluding hydrogens is 440 g/mol. The van der Waals surface area contributed by atoms with E-state index in [2.05, 4.69) is 6.58 Å². The van der Waals surface area contributed by atoms with Gasteiger partial charge in [-0.05, 0) is 85.5 Å². The van der Waals surface area contributed by atoms with Crippen LogP contribution in [0.5, 0.6) is 0 Å². The van der Waals surface area contributed by atoms with E-state index in [4.69, 9.17) is 0 Å². The predicted octanol–water partition coefficient (Wildman–Crippen LogP) is 6.86. The smallest absolute Gasteiger partial charge is 0.184 e. The highest BCUT2D eigenvalue weighted by Gasteiger charge is 2.52. The molecule has 5 nitrogen and oxygen atoms in total. The highest BCUT2D eigenvalue weighted by molar-refractivity contribution is 6.24. The van der Waals surface area contributed by atoms with E-state index in [-0.39, 0.29) is 48.0 Å². The normalized spacial score (nSPS) is 26.3. The molecule has 0 saturated heterocycles. The van der Waals surface area contributed by atoms with Crippen LogP contribution in [0.4, 0.5) is 0 Å². The molecule has 0 amide bonds. The first-order valence-corrected chi connectivity index (χ1v) is 12.7. The molecule has 0 aromatic heterocycles. The summed E-state index contributed by atoms with van der Waals surface area (Å²) in [6, 6.07) is 0. The molecule has 3 N–H and O–H groups in total. The van der Waals surface area contributed by atoms with Gasteiger partial charge >= 0.3 is 0 Å². The Kier molecular flexibility index (Phi) is 8.81. The lowest BCUT2D eigenvalue weighted by molar-refractivity contribution is -0.129. The summed E-state index contributed by atoms with van der Waals surface area (Å²) in [7, 11) is 0. The zero-order chi connectivity index (χ0) is 26.9. The van der Waals surface area contributed by atoms with E-state index in [1.807, 2.05) is 46.8 Å². The van der Waals surface area contributed by atoms with Crippen molar-refractivity contribution in [2.45, 2.75) is 93.1 Å². The molecule has 0 unspecified atom stereocenters. The molecule has 35 heavy (non-hydrogen) atoms. The Bertz CT molecular complexity index is 987. The van der Waals surface area contributed by atoms with E-state index in [9.17, 15) is 24.9 Å². The molecule has 0 heterocycles. The Morgan fingerprint density at radius 2 is 1.60 bits per heavy atom. The third-order valence-electron chi connectivity index (χ3n) is 7.71. The maximum absolute atomic E-state index is 14.0. The minimum atomic E-state index is -1.39. The first-order chi connectivity index (χ1) is 16.1. The van der Waals surface area contributed by atoms with Gasteiger partial charge in [0.2, 0.25) is 0 Å². The largest absolute Gasteiger partial charge is 0.511 e. The number of carbonyl (C=O) groups excluding carboxylic acids is 2. The van der Waals surface area contributed by atoms with Gasteiger partial charge < -0.3 is 15.3 Å². The Hall–Kier alpha value is -2.40. The number of rotatable bonds is 9. The highest BCUT2D eigenvalue weighted by Crippen LogP contribution is 2.52. The lowest BCUT2D eigenvalue weighted by atomic mass is 9.65. The second-order valence-electron chi connectivity index (χ2n) is 11.6. The Morgan fingerprint density at radius 3 is 2.03 bits per heavy atom. The Labute approximate surface area is 211 Å². The van der Waals surface area contributed by atoms with Crippen LogP contribution in [0.15, 0.2) is 58.1 Å². The number of hydrogen-bond donors (Lipinski definition) is 3. The zero-order valence-corrected chi connectivity index (χ0v) is 22.8. The molecule has 3 atom stereocenters. The monoisotopic (exact) mass is 484 g/mol. The fraction of sp³-hybridized carbons (Fsp3) is 0.600. The van der Waals surface area contributed by atoms with E-state index in [1.165, 1.54) is 0 Å².